The fourth-order valence-electron chi connectivity index (χ4n) is 1.50. The minimum atomic E-state index is -3.08. The maximum atomic E-state index is 12.4. The number of Topliss-reactive ketones (excluding diaryl/α,β-unsaturated/α-hetero) is 1. The summed E-state index contributed by atoms with van der Waals surface area (Å²) < 4.78 is 29.0. The summed E-state index contributed by atoms with van der Waals surface area (Å²) in [6.45, 7) is -1.54. The third-order valence-electron chi connectivity index (χ3n) is 2.29. The van der Waals surface area contributed by atoms with E-state index in [1.165, 1.54) is 25.1 Å². The Morgan fingerprint density at radius 1 is 1.40 bits per heavy atom. The van der Waals surface area contributed by atoms with Crippen molar-refractivity contribution in [1.82, 2.24) is 0 Å². The average molecular weight is 349 g/mol. The van der Waals surface area contributed by atoms with Gasteiger partial charge in [-0.25, -0.2) is 4.79 Å². The van der Waals surface area contributed by atoms with Gasteiger partial charge in [0.05, 0.1) is 10.4 Å². The lowest BCUT2D eigenvalue weighted by Gasteiger charge is -2.13. The number of carboxylic acid groups (broad SMARTS) is 1. The van der Waals surface area contributed by atoms with E-state index in [9.17, 15) is 18.4 Å². The van der Waals surface area contributed by atoms with E-state index >= 15 is 0 Å². The van der Waals surface area contributed by atoms with Crippen LogP contribution in [0, 0.1) is 0 Å². The van der Waals surface area contributed by atoms with E-state index in [0.29, 0.717) is 0 Å². The highest BCUT2D eigenvalue weighted by Crippen LogP contribution is 2.28. The lowest BCUT2D eigenvalue weighted by atomic mass is 10.0. The highest BCUT2D eigenvalue weighted by atomic mass is 79.9. The van der Waals surface area contributed by atoms with Crippen LogP contribution in [0.3, 0.4) is 0 Å². The van der Waals surface area contributed by atoms with E-state index in [-0.39, 0.29) is 16.9 Å². The van der Waals surface area contributed by atoms with Crippen molar-refractivity contribution in [2.45, 2.75) is 18.4 Å². The number of alkyl halides is 3. The number of aliphatic carboxylic acids is 1. The number of halogens is 3. The third-order valence-corrected chi connectivity index (χ3v) is 2.70. The maximum absolute atomic E-state index is 12.4. The second-order valence-corrected chi connectivity index (χ2v) is 5.12. The Morgan fingerprint density at radius 3 is 2.55 bits per heavy atom. The Morgan fingerprint density at radius 2 is 2.05 bits per heavy atom. The predicted molar refractivity (Wildman–Crippen MR) is 72.5 cm³/mol. The van der Waals surface area contributed by atoms with Crippen LogP contribution < -0.4 is 4.74 Å². The molecule has 1 aromatic carbocycles. The van der Waals surface area contributed by atoms with E-state index in [1.807, 2.05) is 0 Å². The first-order chi connectivity index (χ1) is 9.32. The first kappa shape index (κ1) is 16.3. The maximum Gasteiger partial charge on any atom is 0.387 e. The van der Waals surface area contributed by atoms with E-state index in [0.717, 1.165) is 12.2 Å². The van der Waals surface area contributed by atoms with Crippen molar-refractivity contribution in [2.24, 2.45) is 0 Å². The van der Waals surface area contributed by atoms with Crippen molar-refractivity contribution in [3.05, 3.63) is 35.4 Å². The van der Waals surface area contributed by atoms with Crippen molar-refractivity contribution in [2.75, 3.05) is 0 Å². The van der Waals surface area contributed by atoms with Gasteiger partial charge in [-0.3, -0.25) is 4.79 Å². The highest BCUT2D eigenvalue weighted by molar-refractivity contribution is 9.10. The molecule has 4 nitrogen and oxygen atoms in total. The van der Waals surface area contributed by atoms with E-state index in [2.05, 4.69) is 20.7 Å². The van der Waals surface area contributed by atoms with Gasteiger partial charge in [0.1, 0.15) is 5.75 Å². The Bertz CT molecular complexity index is 541. The lowest BCUT2D eigenvalue weighted by molar-refractivity contribution is -0.131. The number of carbonyl (C=O) groups is 2. The van der Waals surface area contributed by atoms with Crippen LogP contribution in [0.2, 0.25) is 0 Å². The van der Waals surface area contributed by atoms with Crippen molar-refractivity contribution >= 4 is 33.8 Å². The fraction of sp³-hybridized carbons (Fsp3) is 0.231. The molecule has 1 N–H and O–H groups in total. The number of carbonyl (C=O) groups excluding carboxylic acids is 1. The number of benzene rings is 1. The van der Waals surface area contributed by atoms with Gasteiger partial charge in [0.2, 0.25) is 0 Å². The van der Waals surface area contributed by atoms with Crippen LogP contribution in [0.25, 0.3) is 6.08 Å². The minimum absolute atomic E-state index is 0.0883. The SMILES string of the molecule is CC(Br)C(=O)c1c(C=CC(=O)O)cccc1OC(F)F. The molecular formula is C13H11BrF2O4. The average Bonchev–Trinajstić information content (AvgIpc) is 2.34. The van der Waals surface area contributed by atoms with E-state index < -0.39 is 23.2 Å². The standard InChI is InChI=1S/C13H11BrF2O4/c1-7(14)12(19)11-8(5-6-10(17)18)3-2-4-9(11)20-13(15)16/h2-7,13H,1H3,(H,17,18). The number of ether oxygens (including phenoxy) is 1. The normalized spacial score (nSPS) is 12.7. The van der Waals surface area contributed by atoms with Gasteiger partial charge >= 0.3 is 12.6 Å². The van der Waals surface area contributed by atoms with Crippen LogP contribution in [0.1, 0.15) is 22.8 Å². The molecule has 1 atom stereocenters. The second-order valence-electron chi connectivity index (χ2n) is 3.75. The zero-order valence-electron chi connectivity index (χ0n) is 10.3. The molecule has 1 aromatic rings. The monoisotopic (exact) mass is 348 g/mol. The van der Waals surface area contributed by atoms with Gasteiger partial charge in [0, 0.05) is 6.08 Å². The Kier molecular flexibility index (Phi) is 5.82. The quantitative estimate of drug-likeness (QED) is 0.486. The number of hydrogen-bond acceptors (Lipinski definition) is 3. The Hall–Kier alpha value is -1.76. The topological polar surface area (TPSA) is 63.6 Å². The first-order valence-corrected chi connectivity index (χ1v) is 6.41. The molecule has 0 heterocycles. The van der Waals surface area contributed by atoms with Gasteiger partial charge in [-0.1, -0.05) is 28.1 Å². The van der Waals surface area contributed by atoms with Crippen LogP contribution in [0.5, 0.6) is 5.75 Å². The highest BCUT2D eigenvalue weighted by Gasteiger charge is 2.21. The van der Waals surface area contributed by atoms with Crippen LogP contribution in [0.15, 0.2) is 24.3 Å². The van der Waals surface area contributed by atoms with Crippen molar-refractivity contribution in [3.8, 4) is 5.75 Å². The smallest absolute Gasteiger partial charge is 0.387 e. The molecule has 0 saturated carbocycles. The molecular weight excluding hydrogens is 338 g/mol. The van der Waals surface area contributed by atoms with Crippen molar-refractivity contribution in [1.29, 1.82) is 0 Å². The summed E-state index contributed by atoms with van der Waals surface area (Å²) in [5.41, 5.74) is 0.108. The molecule has 1 rings (SSSR count). The van der Waals surface area contributed by atoms with Crippen LogP contribution in [-0.2, 0) is 4.79 Å². The molecule has 20 heavy (non-hydrogen) atoms. The minimum Gasteiger partial charge on any atom is -0.478 e. The molecule has 0 aliphatic heterocycles. The van der Waals surface area contributed by atoms with Gasteiger partial charge in [-0.05, 0) is 24.6 Å². The van der Waals surface area contributed by atoms with Gasteiger partial charge in [0.15, 0.2) is 5.78 Å². The van der Waals surface area contributed by atoms with E-state index in [4.69, 9.17) is 5.11 Å². The van der Waals surface area contributed by atoms with Gasteiger partial charge in [0.25, 0.3) is 0 Å². The molecule has 0 bridgehead atoms. The molecule has 7 heteroatoms. The third kappa shape index (κ3) is 4.41. The summed E-state index contributed by atoms with van der Waals surface area (Å²) in [5.74, 6) is -1.98. The van der Waals surface area contributed by atoms with Crippen LogP contribution in [0.4, 0.5) is 8.78 Å². The van der Waals surface area contributed by atoms with Crippen molar-refractivity contribution < 1.29 is 28.2 Å². The molecule has 0 aromatic heterocycles. The van der Waals surface area contributed by atoms with Crippen LogP contribution >= 0.6 is 15.9 Å². The summed E-state index contributed by atoms with van der Waals surface area (Å²) >= 11 is 3.06. The summed E-state index contributed by atoms with van der Waals surface area (Å²) in [6, 6.07) is 4.07. The van der Waals surface area contributed by atoms with Gasteiger partial charge in [-0.2, -0.15) is 8.78 Å². The molecule has 0 fully saturated rings. The Labute approximate surface area is 122 Å². The Balaban J connectivity index is 3.35. The summed E-state index contributed by atoms with van der Waals surface area (Å²) in [7, 11) is 0. The summed E-state index contributed by atoms with van der Waals surface area (Å²) in [4.78, 5) is 22.0. The molecule has 108 valence electrons. The molecule has 0 saturated heterocycles. The van der Waals surface area contributed by atoms with E-state index in [1.54, 1.807) is 0 Å². The summed E-state index contributed by atoms with van der Waals surface area (Å²) in [6.07, 6.45) is 1.97. The molecule has 0 spiro atoms. The lowest BCUT2D eigenvalue weighted by Crippen LogP contribution is -2.15. The molecule has 0 aliphatic rings. The van der Waals surface area contributed by atoms with Gasteiger partial charge < -0.3 is 9.84 Å². The summed E-state index contributed by atoms with van der Waals surface area (Å²) in [5, 5.41) is 8.60. The van der Waals surface area contributed by atoms with Crippen molar-refractivity contribution in [3.63, 3.8) is 0 Å². The molecule has 0 radical (unpaired) electrons. The number of carboxylic acids is 1. The number of ketones is 1. The predicted octanol–water partition coefficient (Wildman–Crippen LogP) is 3.35. The first-order valence-electron chi connectivity index (χ1n) is 5.50. The van der Waals surface area contributed by atoms with Crippen LogP contribution in [-0.4, -0.2) is 28.3 Å². The fourth-order valence-corrected chi connectivity index (χ4v) is 1.73. The number of rotatable bonds is 6. The number of hydrogen-bond donors (Lipinski definition) is 1. The second kappa shape index (κ2) is 7.14. The molecule has 1 unspecified atom stereocenters. The molecule has 0 aliphatic carbocycles. The van der Waals surface area contributed by atoms with Gasteiger partial charge in [-0.15, -0.1) is 0 Å². The molecule has 0 amide bonds. The largest absolute Gasteiger partial charge is 0.478 e. The zero-order chi connectivity index (χ0) is 15.3. The zero-order valence-corrected chi connectivity index (χ0v) is 11.9.